The van der Waals surface area contributed by atoms with Crippen molar-refractivity contribution >= 4 is 5.84 Å². The quantitative estimate of drug-likeness (QED) is 0.577. The summed E-state index contributed by atoms with van der Waals surface area (Å²) in [6, 6.07) is 6.61. The van der Waals surface area contributed by atoms with E-state index in [1.807, 2.05) is 18.2 Å². The van der Waals surface area contributed by atoms with Crippen molar-refractivity contribution in [3.63, 3.8) is 0 Å². The maximum Gasteiger partial charge on any atom is 0.150 e. The maximum absolute atomic E-state index is 4.65. The Hall–Kier alpha value is -1.38. The number of hydrogen-bond acceptors (Lipinski definition) is 2. The number of hydrogen-bond donors (Lipinski definition) is 0. The SMILES string of the molecule is CC(C)N=C(c1ccccn1)N(C)C(C)C. The highest BCUT2D eigenvalue weighted by Gasteiger charge is 2.13. The van der Waals surface area contributed by atoms with Gasteiger partial charge < -0.3 is 4.90 Å². The maximum atomic E-state index is 4.65. The van der Waals surface area contributed by atoms with E-state index in [-0.39, 0.29) is 6.04 Å². The van der Waals surface area contributed by atoms with Crippen LogP contribution in [0, 0.1) is 0 Å². The van der Waals surface area contributed by atoms with E-state index in [0.29, 0.717) is 6.04 Å². The molecule has 3 heteroatoms. The van der Waals surface area contributed by atoms with Gasteiger partial charge >= 0.3 is 0 Å². The van der Waals surface area contributed by atoms with Crippen LogP contribution in [-0.4, -0.2) is 34.9 Å². The molecule has 3 nitrogen and oxygen atoms in total. The highest BCUT2D eigenvalue weighted by atomic mass is 15.2. The van der Waals surface area contributed by atoms with Crippen LogP contribution in [0.5, 0.6) is 0 Å². The summed E-state index contributed by atoms with van der Waals surface area (Å²) in [5.74, 6) is 0.964. The van der Waals surface area contributed by atoms with Gasteiger partial charge in [0.15, 0.2) is 0 Å². The smallest absolute Gasteiger partial charge is 0.150 e. The molecule has 0 spiro atoms. The average Bonchev–Trinajstić information content (AvgIpc) is 2.26. The van der Waals surface area contributed by atoms with Gasteiger partial charge in [0, 0.05) is 25.3 Å². The minimum absolute atomic E-state index is 0.276. The van der Waals surface area contributed by atoms with E-state index in [4.69, 9.17) is 0 Å². The molecule has 1 rings (SSSR count). The van der Waals surface area contributed by atoms with E-state index < -0.39 is 0 Å². The van der Waals surface area contributed by atoms with Gasteiger partial charge in [-0.3, -0.25) is 9.98 Å². The Balaban J connectivity index is 3.07. The molecule has 0 saturated heterocycles. The average molecular weight is 219 g/mol. The first kappa shape index (κ1) is 12.7. The zero-order valence-electron chi connectivity index (χ0n) is 10.8. The molecule has 0 aliphatic carbocycles. The fourth-order valence-electron chi connectivity index (χ4n) is 1.32. The van der Waals surface area contributed by atoms with Crippen LogP contribution in [-0.2, 0) is 0 Å². The summed E-state index contributed by atoms with van der Waals surface area (Å²) in [7, 11) is 2.06. The summed E-state index contributed by atoms with van der Waals surface area (Å²) in [5, 5.41) is 0. The lowest BCUT2D eigenvalue weighted by Gasteiger charge is -2.25. The standard InChI is InChI=1S/C13H21N3/c1-10(2)15-13(16(5)11(3)4)12-8-6-7-9-14-12/h6-11H,1-5H3. The molecule has 0 aromatic carbocycles. The Morgan fingerprint density at radius 3 is 2.38 bits per heavy atom. The van der Waals surface area contributed by atoms with Crippen molar-refractivity contribution in [1.82, 2.24) is 9.88 Å². The molecule has 0 saturated carbocycles. The molecule has 0 unspecified atom stereocenters. The second-order valence-electron chi connectivity index (χ2n) is 4.47. The first-order valence-corrected chi connectivity index (χ1v) is 5.74. The zero-order valence-corrected chi connectivity index (χ0v) is 10.8. The van der Waals surface area contributed by atoms with E-state index in [9.17, 15) is 0 Å². The normalized spacial score (nSPS) is 12.3. The van der Waals surface area contributed by atoms with Crippen molar-refractivity contribution < 1.29 is 0 Å². The lowest BCUT2D eigenvalue weighted by atomic mass is 10.2. The van der Waals surface area contributed by atoms with E-state index >= 15 is 0 Å². The summed E-state index contributed by atoms with van der Waals surface area (Å²) in [6.45, 7) is 8.46. The largest absolute Gasteiger partial charge is 0.356 e. The van der Waals surface area contributed by atoms with Crippen LogP contribution in [0.2, 0.25) is 0 Å². The monoisotopic (exact) mass is 219 g/mol. The number of aromatic nitrogens is 1. The number of nitrogens with zero attached hydrogens (tertiary/aromatic N) is 3. The van der Waals surface area contributed by atoms with E-state index in [1.54, 1.807) is 6.20 Å². The van der Waals surface area contributed by atoms with Crippen LogP contribution >= 0.6 is 0 Å². The lowest BCUT2D eigenvalue weighted by Crippen LogP contribution is -2.35. The van der Waals surface area contributed by atoms with E-state index in [2.05, 4.69) is 49.6 Å². The summed E-state index contributed by atoms with van der Waals surface area (Å²) in [6.07, 6.45) is 1.80. The van der Waals surface area contributed by atoms with Gasteiger partial charge in [-0.25, -0.2) is 0 Å². The van der Waals surface area contributed by atoms with Crippen molar-refractivity contribution in [2.75, 3.05) is 7.05 Å². The molecular formula is C13H21N3. The second-order valence-corrected chi connectivity index (χ2v) is 4.47. The molecular weight excluding hydrogens is 198 g/mol. The van der Waals surface area contributed by atoms with Crippen molar-refractivity contribution in [1.29, 1.82) is 0 Å². The van der Waals surface area contributed by atoms with Crippen LogP contribution < -0.4 is 0 Å². The van der Waals surface area contributed by atoms with Crippen LogP contribution in [0.4, 0.5) is 0 Å². The topological polar surface area (TPSA) is 28.5 Å². The Morgan fingerprint density at radius 2 is 1.94 bits per heavy atom. The van der Waals surface area contributed by atoms with Gasteiger partial charge in [0.05, 0.1) is 0 Å². The first-order valence-electron chi connectivity index (χ1n) is 5.74. The Bertz CT molecular complexity index is 341. The summed E-state index contributed by atoms with van der Waals surface area (Å²) >= 11 is 0. The molecule has 1 heterocycles. The van der Waals surface area contributed by atoms with Crippen LogP contribution in [0.3, 0.4) is 0 Å². The van der Waals surface area contributed by atoms with Crippen molar-refractivity contribution in [3.05, 3.63) is 30.1 Å². The second kappa shape index (κ2) is 5.64. The molecule has 88 valence electrons. The molecule has 0 fully saturated rings. The van der Waals surface area contributed by atoms with Gasteiger partial charge in [-0.1, -0.05) is 6.07 Å². The van der Waals surface area contributed by atoms with Crippen LogP contribution in [0.15, 0.2) is 29.4 Å². The number of aliphatic imine (C=N–C) groups is 1. The zero-order chi connectivity index (χ0) is 12.1. The molecule has 1 aromatic rings. The first-order chi connectivity index (χ1) is 7.52. The fraction of sp³-hybridized carbons (Fsp3) is 0.538. The predicted molar refractivity (Wildman–Crippen MR) is 68.8 cm³/mol. The molecule has 1 aromatic heterocycles. The van der Waals surface area contributed by atoms with Gasteiger partial charge in [0.1, 0.15) is 11.5 Å². The molecule has 0 N–H and O–H groups in total. The molecule has 0 amide bonds. The summed E-state index contributed by atoms with van der Waals surface area (Å²) < 4.78 is 0. The third-order valence-electron chi connectivity index (χ3n) is 2.38. The van der Waals surface area contributed by atoms with Crippen LogP contribution in [0.1, 0.15) is 33.4 Å². The summed E-state index contributed by atoms with van der Waals surface area (Å²) in [5.41, 5.74) is 0.937. The number of pyridine rings is 1. The van der Waals surface area contributed by atoms with Gasteiger partial charge in [-0.05, 0) is 39.8 Å². The molecule has 16 heavy (non-hydrogen) atoms. The van der Waals surface area contributed by atoms with Gasteiger partial charge in [-0.2, -0.15) is 0 Å². The molecule has 0 radical (unpaired) electrons. The number of rotatable bonds is 3. The Morgan fingerprint density at radius 1 is 1.25 bits per heavy atom. The highest BCUT2D eigenvalue weighted by Crippen LogP contribution is 2.06. The van der Waals surface area contributed by atoms with Gasteiger partial charge in [-0.15, -0.1) is 0 Å². The molecule has 0 bridgehead atoms. The fourth-order valence-corrected chi connectivity index (χ4v) is 1.32. The third-order valence-corrected chi connectivity index (χ3v) is 2.38. The number of amidine groups is 1. The lowest BCUT2D eigenvalue weighted by molar-refractivity contribution is 0.414. The summed E-state index contributed by atoms with van der Waals surface area (Å²) in [4.78, 5) is 11.2. The van der Waals surface area contributed by atoms with Crippen molar-refractivity contribution in [3.8, 4) is 0 Å². The van der Waals surface area contributed by atoms with Crippen LogP contribution in [0.25, 0.3) is 0 Å². The van der Waals surface area contributed by atoms with Crippen molar-refractivity contribution in [2.24, 2.45) is 4.99 Å². The Kier molecular flexibility index (Phi) is 4.47. The van der Waals surface area contributed by atoms with Gasteiger partial charge in [0.2, 0.25) is 0 Å². The van der Waals surface area contributed by atoms with E-state index in [1.165, 1.54) is 0 Å². The van der Waals surface area contributed by atoms with E-state index in [0.717, 1.165) is 11.5 Å². The van der Waals surface area contributed by atoms with Gasteiger partial charge in [0.25, 0.3) is 0 Å². The molecule has 0 atom stereocenters. The third kappa shape index (κ3) is 3.33. The molecule has 0 aliphatic rings. The van der Waals surface area contributed by atoms with Crippen molar-refractivity contribution in [2.45, 2.75) is 39.8 Å². The minimum Gasteiger partial charge on any atom is -0.356 e. The molecule has 0 aliphatic heterocycles. The predicted octanol–water partition coefficient (Wildman–Crippen LogP) is 2.58. The highest BCUT2D eigenvalue weighted by molar-refractivity contribution is 5.97. The Labute approximate surface area is 98.2 Å². The minimum atomic E-state index is 0.276.